The number of imidazole rings is 1. The molecule has 1 aliphatic rings. The maximum Gasteiger partial charge on any atom is 0.241 e. The van der Waals surface area contributed by atoms with E-state index in [0.29, 0.717) is 17.9 Å². The van der Waals surface area contributed by atoms with Crippen molar-refractivity contribution < 1.29 is 0 Å². The zero-order valence-electron chi connectivity index (χ0n) is 11.8. The van der Waals surface area contributed by atoms with Crippen LogP contribution in [0.3, 0.4) is 0 Å². The van der Waals surface area contributed by atoms with Crippen molar-refractivity contribution in [1.82, 2.24) is 24.5 Å². The molecule has 2 aromatic rings. The second kappa shape index (κ2) is 5.44. The Hall–Kier alpha value is -2.18. The molecule has 0 amide bonds. The summed E-state index contributed by atoms with van der Waals surface area (Å²) >= 11 is 0. The summed E-state index contributed by atoms with van der Waals surface area (Å²) in [4.78, 5) is 19.8. The zero-order chi connectivity index (χ0) is 13.9. The second-order valence-electron chi connectivity index (χ2n) is 4.94. The fourth-order valence-corrected chi connectivity index (χ4v) is 2.44. The van der Waals surface area contributed by atoms with Crippen molar-refractivity contribution in [3.63, 3.8) is 0 Å². The van der Waals surface area contributed by atoms with E-state index in [9.17, 15) is 0 Å². The predicted octanol–water partition coefficient (Wildman–Crippen LogP) is 1.48. The Balaban J connectivity index is 2.00. The molecule has 1 atom stereocenters. The smallest absolute Gasteiger partial charge is 0.241 e. The van der Waals surface area contributed by atoms with Gasteiger partial charge in [0.15, 0.2) is 0 Å². The normalized spacial score (nSPS) is 18.5. The molecule has 0 aliphatic carbocycles. The summed E-state index contributed by atoms with van der Waals surface area (Å²) in [6.45, 7) is 6.02. The fraction of sp³-hybridized carbons (Fsp3) is 0.538. The highest BCUT2D eigenvalue weighted by atomic mass is 15.4. The molecule has 2 aromatic heterocycles. The van der Waals surface area contributed by atoms with Crippen LogP contribution in [-0.4, -0.2) is 43.6 Å². The van der Waals surface area contributed by atoms with Crippen molar-refractivity contribution in [3.05, 3.63) is 18.7 Å². The molecule has 106 valence electrons. The third kappa shape index (κ3) is 2.43. The van der Waals surface area contributed by atoms with E-state index >= 15 is 0 Å². The van der Waals surface area contributed by atoms with E-state index < -0.39 is 0 Å². The Bertz CT molecular complexity index is 566. The van der Waals surface area contributed by atoms with Crippen LogP contribution in [0.5, 0.6) is 0 Å². The van der Waals surface area contributed by atoms with Crippen molar-refractivity contribution in [1.29, 1.82) is 0 Å². The summed E-state index contributed by atoms with van der Waals surface area (Å²) in [6.07, 6.45) is 7.62. The lowest BCUT2D eigenvalue weighted by atomic mass is 10.2. The Labute approximate surface area is 118 Å². The number of hydrogen-bond acceptors (Lipinski definition) is 6. The SMILES string of the molecule is CCNc1nc(N2CCCC2C)nc(-n2ccnc2)n1. The summed E-state index contributed by atoms with van der Waals surface area (Å²) in [5.74, 6) is 1.95. The van der Waals surface area contributed by atoms with E-state index in [1.54, 1.807) is 17.1 Å². The lowest BCUT2D eigenvalue weighted by Gasteiger charge is -2.22. The minimum Gasteiger partial charge on any atom is -0.354 e. The van der Waals surface area contributed by atoms with Crippen molar-refractivity contribution in [2.45, 2.75) is 32.7 Å². The molecule has 1 aliphatic heterocycles. The molecule has 20 heavy (non-hydrogen) atoms. The van der Waals surface area contributed by atoms with E-state index in [1.165, 1.54) is 12.8 Å². The molecule has 0 bridgehead atoms. The first-order valence-corrected chi connectivity index (χ1v) is 7.03. The quantitative estimate of drug-likeness (QED) is 0.909. The van der Waals surface area contributed by atoms with Crippen LogP contribution in [0.25, 0.3) is 5.95 Å². The molecular weight excluding hydrogens is 254 g/mol. The van der Waals surface area contributed by atoms with Gasteiger partial charge in [-0.3, -0.25) is 4.57 Å². The summed E-state index contributed by atoms with van der Waals surface area (Å²) in [5.41, 5.74) is 0. The van der Waals surface area contributed by atoms with Crippen molar-refractivity contribution in [2.75, 3.05) is 23.3 Å². The second-order valence-corrected chi connectivity index (χ2v) is 4.94. The van der Waals surface area contributed by atoms with Gasteiger partial charge < -0.3 is 10.2 Å². The maximum absolute atomic E-state index is 4.58. The first-order valence-electron chi connectivity index (χ1n) is 7.03. The van der Waals surface area contributed by atoms with Crippen LogP contribution in [0.15, 0.2) is 18.7 Å². The Morgan fingerprint density at radius 3 is 2.80 bits per heavy atom. The Morgan fingerprint density at radius 1 is 1.30 bits per heavy atom. The van der Waals surface area contributed by atoms with Crippen LogP contribution in [-0.2, 0) is 0 Å². The number of nitrogens with zero attached hydrogens (tertiary/aromatic N) is 6. The minimum absolute atomic E-state index is 0.475. The number of anilines is 2. The largest absolute Gasteiger partial charge is 0.354 e. The van der Waals surface area contributed by atoms with E-state index in [1.807, 2.05) is 13.1 Å². The highest BCUT2D eigenvalue weighted by molar-refractivity contribution is 5.41. The molecule has 0 aromatic carbocycles. The van der Waals surface area contributed by atoms with Crippen LogP contribution in [0, 0.1) is 0 Å². The molecule has 7 nitrogen and oxygen atoms in total. The topological polar surface area (TPSA) is 71.8 Å². The average Bonchev–Trinajstić information content (AvgIpc) is 3.09. The van der Waals surface area contributed by atoms with E-state index in [4.69, 9.17) is 0 Å². The summed E-state index contributed by atoms with van der Waals surface area (Å²) < 4.78 is 1.80. The van der Waals surface area contributed by atoms with Crippen molar-refractivity contribution >= 4 is 11.9 Å². The molecule has 1 unspecified atom stereocenters. The standard InChI is InChI=1S/C13H19N7/c1-3-15-11-16-12(19-8-6-14-9-19)18-13(17-11)20-7-4-5-10(20)2/h6,8-10H,3-5,7H2,1-2H3,(H,15,16,17,18). The molecule has 0 saturated carbocycles. The number of rotatable bonds is 4. The van der Waals surface area contributed by atoms with Crippen molar-refractivity contribution in [2.24, 2.45) is 0 Å². The third-order valence-corrected chi connectivity index (χ3v) is 3.49. The Kier molecular flexibility index (Phi) is 3.49. The predicted molar refractivity (Wildman–Crippen MR) is 77.2 cm³/mol. The Morgan fingerprint density at radius 2 is 2.15 bits per heavy atom. The van der Waals surface area contributed by atoms with E-state index in [2.05, 4.69) is 37.1 Å². The van der Waals surface area contributed by atoms with Gasteiger partial charge in [-0.05, 0) is 26.7 Å². The maximum atomic E-state index is 4.58. The first-order chi connectivity index (χ1) is 9.78. The van der Waals surface area contributed by atoms with Crippen LogP contribution in [0.1, 0.15) is 26.7 Å². The monoisotopic (exact) mass is 273 g/mol. The molecule has 0 spiro atoms. The van der Waals surface area contributed by atoms with Crippen LogP contribution < -0.4 is 10.2 Å². The van der Waals surface area contributed by atoms with Gasteiger partial charge in [0.2, 0.25) is 17.8 Å². The molecule has 1 saturated heterocycles. The molecular formula is C13H19N7. The third-order valence-electron chi connectivity index (χ3n) is 3.49. The highest BCUT2D eigenvalue weighted by Gasteiger charge is 2.24. The first kappa shape index (κ1) is 12.8. The van der Waals surface area contributed by atoms with Gasteiger partial charge in [0.05, 0.1) is 0 Å². The van der Waals surface area contributed by atoms with Crippen molar-refractivity contribution in [3.8, 4) is 5.95 Å². The number of nitrogens with one attached hydrogen (secondary N) is 1. The van der Waals surface area contributed by atoms with Gasteiger partial charge in [-0.1, -0.05) is 0 Å². The molecule has 1 N–H and O–H groups in total. The van der Waals surface area contributed by atoms with Gasteiger partial charge in [-0.2, -0.15) is 15.0 Å². The van der Waals surface area contributed by atoms with Gasteiger partial charge in [-0.15, -0.1) is 0 Å². The number of aromatic nitrogens is 5. The van der Waals surface area contributed by atoms with Crippen LogP contribution in [0.2, 0.25) is 0 Å². The molecule has 0 radical (unpaired) electrons. The van der Waals surface area contributed by atoms with Gasteiger partial charge in [0, 0.05) is 31.5 Å². The zero-order valence-corrected chi connectivity index (χ0v) is 11.8. The van der Waals surface area contributed by atoms with Crippen LogP contribution in [0.4, 0.5) is 11.9 Å². The van der Waals surface area contributed by atoms with Gasteiger partial charge in [-0.25, -0.2) is 4.98 Å². The van der Waals surface area contributed by atoms with Gasteiger partial charge in [0.1, 0.15) is 6.33 Å². The molecule has 3 heterocycles. The summed E-state index contributed by atoms with van der Waals surface area (Å²) in [5, 5.41) is 3.17. The average molecular weight is 273 g/mol. The molecule has 7 heteroatoms. The lowest BCUT2D eigenvalue weighted by molar-refractivity contribution is 0.710. The summed E-state index contributed by atoms with van der Waals surface area (Å²) in [6, 6.07) is 0.475. The fourth-order valence-electron chi connectivity index (χ4n) is 2.44. The lowest BCUT2D eigenvalue weighted by Crippen LogP contribution is -2.29. The summed E-state index contributed by atoms with van der Waals surface area (Å²) in [7, 11) is 0. The van der Waals surface area contributed by atoms with E-state index in [0.717, 1.165) is 19.0 Å². The van der Waals surface area contributed by atoms with Gasteiger partial charge >= 0.3 is 0 Å². The van der Waals surface area contributed by atoms with Crippen LogP contribution >= 0.6 is 0 Å². The highest BCUT2D eigenvalue weighted by Crippen LogP contribution is 2.23. The van der Waals surface area contributed by atoms with Gasteiger partial charge in [0.25, 0.3) is 0 Å². The van der Waals surface area contributed by atoms with E-state index in [-0.39, 0.29) is 0 Å². The molecule has 1 fully saturated rings. The molecule has 3 rings (SSSR count). The number of hydrogen-bond donors (Lipinski definition) is 1. The minimum atomic E-state index is 0.475.